The Balaban J connectivity index is 0.000000385. The molecule has 7 nitrogen and oxygen atoms in total. The molecule has 2 heterocycles. The molecule has 3 aromatic carbocycles. The number of allylic oxidation sites excluding steroid dienone is 4. The summed E-state index contributed by atoms with van der Waals surface area (Å²) in [6.07, 6.45) is 13.1. The summed E-state index contributed by atoms with van der Waals surface area (Å²) < 4.78 is 46.0. The van der Waals surface area contributed by atoms with Gasteiger partial charge < -0.3 is 18.9 Å². The van der Waals surface area contributed by atoms with E-state index in [9.17, 15) is 13.0 Å². The van der Waals surface area contributed by atoms with Crippen LogP contribution in [0.15, 0.2) is 96.9 Å². The molecule has 0 atom stereocenters. The molecule has 0 amide bonds. The van der Waals surface area contributed by atoms with Crippen LogP contribution >= 0.6 is 46.6 Å². The van der Waals surface area contributed by atoms with Crippen molar-refractivity contribution in [3.63, 3.8) is 0 Å². The Kier molecular flexibility index (Phi) is 13.0. The maximum atomic E-state index is 10.4. The second kappa shape index (κ2) is 16.5. The predicted octanol–water partition coefficient (Wildman–Crippen LogP) is 9.00. The molecule has 0 radical (unpaired) electrons. The minimum Gasteiger partial charge on any atom is -0.744 e. The lowest BCUT2D eigenvalue weighted by atomic mass is 10.2. The van der Waals surface area contributed by atoms with Crippen LogP contribution in [0.3, 0.4) is 0 Å². The number of aryl methyl sites for hydroxylation is 2. The summed E-state index contributed by atoms with van der Waals surface area (Å²) in [6, 6.07) is 14.6. The van der Waals surface area contributed by atoms with Gasteiger partial charge in [0.15, 0.2) is 0 Å². The maximum absolute atomic E-state index is 10.4. The first kappa shape index (κ1) is 37.0. The van der Waals surface area contributed by atoms with Gasteiger partial charge in [0.25, 0.3) is 5.01 Å². The second-order valence-corrected chi connectivity index (χ2v) is 15.6. The van der Waals surface area contributed by atoms with Crippen LogP contribution < -0.4 is 18.9 Å². The van der Waals surface area contributed by atoms with Crippen molar-refractivity contribution < 1.29 is 27.0 Å². The van der Waals surface area contributed by atoms with Crippen molar-refractivity contribution in [2.45, 2.75) is 53.8 Å². The number of ether oxygens (including phenoxy) is 2. The third kappa shape index (κ3) is 8.79. The lowest BCUT2D eigenvalue weighted by molar-refractivity contribution is -0.665. The highest BCUT2D eigenvalue weighted by atomic mass is 32.2. The van der Waals surface area contributed by atoms with Crippen LogP contribution in [0.2, 0.25) is 0 Å². The largest absolute Gasteiger partial charge is 0.744 e. The molecular weight excluding hydrogens is 689 g/mol. The minimum absolute atomic E-state index is 0.178. The van der Waals surface area contributed by atoms with Crippen molar-refractivity contribution in [1.82, 2.24) is 0 Å². The molecule has 0 spiro atoms. The number of aromatic nitrogens is 1. The molecule has 1 aliphatic heterocycles. The van der Waals surface area contributed by atoms with Gasteiger partial charge in [-0.15, -0.1) is 23.5 Å². The number of hydrogen-bond acceptors (Lipinski definition) is 10. The molecule has 0 unspecified atom stereocenters. The van der Waals surface area contributed by atoms with E-state index in [-0.39, 0.29) is 4.90 Å². The third-order valence-corrected chi connectivity index (χ3v) is 12.0. The smallest absolute Gasteiger partial charge is 0.262 e. The van der Waals surface area contributed by atoms with Crippen molar-refractivity contribution in [2.75, 3.05) is 38.2 Å². The van der Waals surface area contributed by atoms with Crippen molar-refractivity contribution in [2.24, 2.45) is 0 Å². The predicted molar refractivity (Wildman–Crippen MR) is 200 cm³/mol. The molecule has 0 bridgehead atoms. The maximum Gasteiger partial charge on any atom is 0.262 e. The molecule has 0 aliphatic carbocycles. The van der Waals surface area contributed by atoms with Gasteiger partial charge in [-0.25, -0.2) is 8.42 Å². The van der Waals surface area contributed by atoms with Crippen molar-refractivity contribution >= 4 is 78.7 Å². The number of nitrogens with zero attached hydrogens (tertiary/aromatic N) is 2. The molecule has 0 saturated heterocycles. The summed E-state index contributed by atoms with van der Waals surface area (Å²) in [6.45, 7) is 10.2. The van der Waals surface area contributed by atoms with Gasteiger partial charge in [0, 0.05) is 23.6 Å². The van der Waals surface area contributed by atoms with Crippen molar-refractivity contribution in [1.29, 1.82) is 0 Å². The second-order valence-electron chi connectivity index (χ2n) is 10.4. The number of thiazole rings is 1. The van der Waals surface area contributed by atoms with E-state index in [1.807, 2.05) is 30.0 Å². The minimum atomic E-state index is -4.27. The van der Waals surface area contributed by atoms with Gasteiger partial charge in [0.1, 0.15) is 32.9 Å². The Morgan fingerprint density at radius 3 is 2.21 bits per heavy atom. The highest BCUT2D eigenvalue weighted by Crippen LogP contribution is 2.49. The van der Waals surface area contributed by atoms with Gasteiger partial charge in [-0.05, 0) is 70.5 Å². The Morgan fingerprint density at radius 2 is 1.64 bits per heavy atom. The Morgan fingerprint density at radius 1 is 1.00 bits per heavy atom. The lowest BCUT2D eigenvalue weighted by Gasteiger charge is -2.18. The SMILES string of the molecule is CCN1/C(=C/C=C(C)/C=C/c2sc3cc(SC)c(OC)cc3[n+]2CC)Sc2cc(SC)c(OC)cc21.Cc1ccc(S(=O)(=O)[O-])cc1. The fraction of sp³-hybridized carbons (Fsp3) is 0.286. The lowest BCUT2D eigenvalue weighted by Crippen LogP contribution is -2.33. The molecule has 12 heteroatoms. The fourth-order valence-corrected chi connectivity index (χ4v) is 9.00. The van der Waals surface area contributed by atoms with Crippen molar-refractivity contribution in [3.05, 3.63) is 87.9 Å². The van der Waals surface area contributed by atoms with E-state index < -0.39 is 10.1 Å². The summed E-state index contributed by atoms with van der Waals surface area (Å²) in [5.41, 5.74) is 4.58. The molecule has 47 heavy (non-hydrogen) atoms. The summed E-state index contributed by atoms with van der Waals surface area (Å²) in [4.78, 5) is 5.80. The Bertz CT molecular complexity index is 1930. The van der Waals surface area contributed by atoms with E-state index >= 15 is 0 Å². The van der Waals surface area contributed by atoms with E-state index in [1.54, 1.807) is 49.9 Å². The quantitative estimate of drug-likeness (QED) is 0.0688. The zero-order valence-electron chi connectivity index (χ0n) is 27.8. The van der Waals surface area contributed by atoms with E-state index in [1.165, 1.54) is 58.3 Å². The van der Waals surface area contributed by atoms with Crippen LogP contribution in [-0.2, 0) is 16.7 Å². The number of anilines is 1. The van der Waals surface area contributed by atoms with Gasteiger partial charge in [-0.3, -0.25) is 0 Å². The van der Waals surface area contributed by atoms with Crippen LogP contribution in [-0.4, -0.2) is 46.2 Å². The van der Waals surface area contributed by atoms with Crippen LogP contribution in [0, 0.1) is 6.92 Å². The molecule has 0 N–H and O–H groups in total. The van der Waals surface area contributed by atoms with Gasteiger partial charge in [-0.2, -0.15) is 4.57 Å². The van der Waals surface area contributed by atoms with E-state index in [0.29, 0.717) is 0 Å². The molecule has 5 rings (SSSR count). The van der Waals surface area contributed by atoms with E-state index in [2.05, 4.69) is 91.3 Å². The third-order valence-electron chi connectivity index (χ3n) is 7.39. The van der Waals surface area contributed by atoms with Gasteiger partial charge in [0.05, 0.1) is 45.7 Å². The molecule has 1 aromatic heterocycles. The van der Waals surface area contributed by atoms with Crippen LogP contribution in [0.1, 0.15) is 31.3 Å². The zero-order chi connectivity index (χ0) is 34.3. The number of fused-ring (bicyclic) bond motifs is 2. The van der Waals surface area contributed by atoms with Crippen LogP contribution in [0.25, 0.3) is 16.3 Å². The number of hydrogen-bond donors (Lipinski definition) is 0. The van der Waals surface area contributed by atoms with E-state index in [4.69, 9.17) is 9.47 Å². The summed E-state index contributed by atoms with van der Waals surface area (Å²) >= 11 is 7.09. The highest BCUT2D eigenvalue weighted by Gasteiger charge is 2.26. The zero-order valence-corrected chi connectivity index (χ0v) is 31.9. The first-order chi connectivity index (χ1) is 22.5. The van der Waals surface area contributed by atoms with Gasteiger partial charge >= 0.3 is 0 Å². The number of thioether (sulfide) groups is 3. The summed E-state index contributed by atoms with van der Waals surface area (Å²) in [5, 5.41) is 2.48. The van der Waals surface area contributed by atoms with Crippen LogP contribution in [0.5, 0.6) is 11.5 Å². The average Bonchev–Trinajstić information content (AvgIpc) is 3.60. The molecule has 0 saturated carbocycles. The number of rotatable bonds is 10. The Hall–Kier alpha value is -2.87. The summed E-state index contributed by atoms with van der Waals surface area (Å²) in [5.74, 6) is 1.87. The topological polar surface area (TPSA) is 82.8 Å². The van der Waals surface area contributed by atoms with Gasteiger partial charge in [-0.1, -0.05) is 58.5 Å². The van der Waals surface area contributed by atoms with Gasteiger partial charge in [0.2, 0.25) is 5.52 Å². The average molecular weight is 729 g/mol. The fourth-order valence-electron chi connectivity index (χ4n) is 4.92. The van der Waals surface area contributed by atoms with E-state index in [0.717, 1.165) is 30.2 Å². The normalized spacial score (nSPS) is 14.1. The number of methoxy groups -OCH3 is 2. The first-order valence-electron chi connectivity index (χ1n) is 14.9. The van der Waals surface area contributed by atoms with Crippen LogP contribution in [0.4, 0.5) is 5.69 Å². The standard InChI is InChI=1S/C28H33N2O2S4.C7H8O3S/c1-8-29-19-14-21(31-4)25(33-6)16-23(19)35-27(29)12-10-18(3)11-13-28-30(9-2)20-15-22(32-5)26(34-7)17-24(20)36-28;1-6-2-4-7(5-3-6)11(8,9)10/h10-17H,8-9H2,1-7H3;2-5H,1H3,(H,8,9,10)/q+1;/p-1. The molecular formula is C35H40N2O5S5. The first-order valence-corrected chi connectivity index (χ1v) is 20.4. The molecule has 4 aromatic rings. The Labute approximate surface area is 295 Å². The molecule has 0 fully saturated rings. The van der Waals surface area contributed by atoms with Crippen molar-refractivity contribution in [3.8, 4) is 11.5 Å². The number of benzene rings is 3. The monoisotopic (exact) mass is 728 g/mol. The molecule has 250 valence electrons. The highest BCUT2D eigenvalue weighted by molar-refractivity contribution is 8.03. The molecule has 1 aliphatic rings. The summed E-state index contributed by atoms with van der Waals surface area (Å²) in [7, 11) is -0.785.